The Hall–Kier alpha value is -1.98. The predicted octanol–water partition coefficient (Wildman–Crippen LogP) is 0.486. The number of rotatable bonds is 5. The van der Waals surface area contributed by atoms with Crippen LogP contribution in [0.25, 0.3) is 0 Å². The van der Waals surface area contributed by atoms with Gasteiger partial charge in [-0.3, -0.25) is 4.79 Å². The number of nitrogens with one attached hydrogen (secondary N) is 1. The zero-order chi connectivity index (χ0) is 15.5. The highest BCUT2D eigenvalue weighted by Gasteiger charge is 2.27. The van der Waals surface area contributed by atoms with Gasteiger partial charge in [0.15, 0.2) is 0 Å². The molecule has 3 N–H and O–H groups in total. The van der Waals surface area contributed by atoms with E-state index in [1.807, 2.05) is 0 Å². The van der Waals surface area contributed by atoms with E-state index in [4.69, 9.17) is 11.0 Å². The highest BCUT2D eigenvalue weighted by atomic mass is 32.2. The van der Waals surface area contributed by atoms with Crippen LogP contribution in [0, 0.1) is 23.1 Å². The van der Waals surface area contributed by atoms with Gasteiger partial charge in [0.25, 0.3) is 0 Å². The Morgan fingerprint density at radius 1 is 1.45 bits per heavy atom. The Morgan fingerprint density at radius 2 is 2.05 bits per heavy atom. The number of benzene rings is 1. The van der Waals surface area contributed by atoms with Gasteiger partial charge in [0.2, 0.25) is 15.9 Å². The van der Waals surface area contributed by atoms with E-state index in [1.165, 1.54) is 0 Å². The summed E-state index contributed by atoms with van der Waals surface area (Å²) in [5.41, 5.74) is 4.73. The van der Waals surface area contributed by atoms with E-state index in [0.717, 1.165) is 18.2 Å². The quantitative estimate of drug-likeness (QED) is 0.823. The monoisotopic (exact) mass is 299 g/mol. The SMILES string of the molecule is CC(C)[C@@H](NS(=O)(=O)c1ccc(F)c(C#N)c1)C(N)=O. The van der Waals surface area contributed by atoms with Gasteiger partial charge < -0.3 is 5.73 Å². The molecule has 0 bridgehead atoms. The minimum absolute atomic E-state index is 0.303. The lowest BCUT2D eigenvalue weighted by Crippen LogP contribution is -2.47. The molecule has 1 atom stereocenters. The van der Waals surface area contributed by atoms with Crippen LogP contribution in [0.1, 0.15) is 19.4 Å². The Labute approximate surface area is 116 Å². The van der Waals surface area contributed by atoms with Gasteiger partial charge in [0, 0.05) is 0 Å². The van der Waals surface area contributed by atoms with E-state index < -0.39 is 33.4 Å². The van der Waals surface area contributed by atoms with Gasteiger partial charge in [-0.05, 0) is 24.1 Å². The van der Waals surface area contributed by atoms with Crippen molar-refractivity contribution in [2.75, 3.05) is 0 Å². The Morgan fingerprint density at radius 3 is 2.50 bits per heavy atom. The first kappa shape index (κ1) is 16.1. The van der Waals surface area contributed by atoms with Crippen LogP contribution in [0.15, 0.2) is 23.1 Å². The van der Waals surface area contributed by atoms with Gasteiger partial charge >= 0.3 is 0 Å². The van der Waals surface area contributed by atoms with Gasteiger partial charge in [0.1, 0.15) is 17.9 Å². The fourth-order valence-corrected chi connectivity index (χ4v) is 2.89. The number of carbonyl (C=O) groups is 1. The topological polar surface area (TPSA) is 113 Å². The van der Waals surface area contributed by atoms with Gasteiger partial charge in [-0.15, -0.1) is 0 Å². The fourth-order valence-electron chi connectivity index (χ4n) is 1.52. The number of amides is 1. The number of sulfonamides is 1. The van der Waals surface area contributed by atoms with Crippen LogP contribution in [0.4, 0.5) is 4.39 Å². The van der Waals surface area contributed by atoms with Crippen molar-refractivity contribution in [2.24, 2.45) is 11.7 Å². The fraction of sp³-hybridized carbons (Fsp3) is 0.333. The van der Waals surface area contributed by atoms with E-state index in [9.17, 15) is 17.6 Å². The number of carbonyl (C=O) groups excluding carboxylic acids is 1. The summed E-state index contributed by atoms with van der Waals surface area (Å²) in [5, 5.41) is 8.69. The van der Waals surface area contributed by atoms with Gasteiger partial charge in [0.05, 0.1) is 10.5 Å². The highest BCUT2D eigenvalue weighted by Crippen LogP contribution is 2.15. The van der Waals surface area contributed by atoms with Crippen molar-refractivity contribution in [3.05, 3.63) is 29.6 Å². The van der Waals surface area contributed by atoms with Crippen LogP contribution in [-0.2, 0) is 14.8 Å². The van der Waals surface area contributed by atoms with Gasteiger partial charge in [-0.1, -0.05) is 13.8 Å². The molecule has 0 saturated heterocycles. The van der Waals surface area contributed by atoms with E-state index in [-0.39, 0.29) is 10.8 Å². The molecule has 0 aliphatic rings. The van der Waals surface area contributed by atoms with Crippen LogP contribution in [0.2, 0.25) is 0 Å². The second-order valence-electron chi connectivity index (χ2n) is 4.50. The average molecular weight is 299 g/mol. The summed E-state index contributed by atoms with van der Waals surface area (Å²) in [7, 11) is -4.07. The van der Waals surface area contributed by atoms with Crippen molar-refractivity contribution in [3.63, 3.8) is 0 Å². The summed E-state index contributed by atoms with van der Waals surface area (Å²) in [5.74, 6) is -1.98. The number of nitrogens with zero attached hydrogens (tertiary/aromatic N) is 1. The normalized spacial score (nSPS) is 12.9. The van der Waals surface area contributed by atoms with E-state index >= 15 is 0 Å². The smallest absolute Gasteiger partial charge is 0.241 e. The third-order valence-electron chi connectivity index (χ3n) is 2.62. The molecule has 1 aromatic rings. The maximum absolute atomic E-state index is 13.2. The average Bonchev–Trinajstić information content (AvgIpc) is 2.35. The molecule has 108 valence electrons. The molecule has 20 heavy (non-hydrogen) atoms. The number of nitrogens with two attached hydrogens (primary N) is 1. The van der Waals surface area contributed by atoms with Crippen molar-refractivity contribution in [2.45, 2.75) is 24.8 Å². The first-order valence-electron chi connectivity index (χ1n) is 5.70. The molecular formula is C12H14FN3O3S. The molecule has 0 aliphatic heterocycles. The second kappa shape index (κ2) is 5.98. The van der Waals surface area contributed by atoms with Crippen molar-refractivity contribution < 1.29 is 17.6 Å². The molecule has 0 unspecified atom stereocenters. The minimum atomic E-state index is -4.07. The van der Waals surface area contributed by atoms with Crippen LogP contribution in [0.3, 0.4) is 0 Å². The van der Waals surface area contributed by atoms with Gasteiger partial charge in [-0.25, -0.2) is 12.8 Å². The third-order valence-corrected chi connectivity index (χ3v) is 4.06. The van der Waals surface area contributed by atoms with Gasteiger partial charge in [-0.2, -0.15) is 9.98 Å². The molecule has 0 aromatic heterocycles. The third kappa shape index (κ3) is 3.53. The van der Waals surface area contributed by atoms with Crippen LogP contribution < -0.4 is 10.5 Å². The molecule has 0 spiro atoms. The van der Waals surface area contributed by atoms with E-state index in [1.54, 1.807) is 19.9 Å². The lowest BCUT2D eigenvalue weighted by molar-refractivity contribution is -0.120. The first-order valence-corrected chi connectivity index (χ1v) is 7.18. The maximum atomic E-state index is 13.2. The number of nitriles is 1. The maximum Gasteiger partial charge on any atom is 0.241 e. The largest absolute Gasteiger partial charge is 0.368 e. The zero-order valence-corrected chi connectivity index (χ0v) is 11.7. The molecule has 0 radical (unpaired) electrons. The number of primary amides is 1. The van der Waals surface area contributed by atoms with Crippen molar-refractivity contribution in [3.8, 4) is 6.07 Å². The molecule has 0 heterocycles. The summed E-state index contributed by atoms with van der Waals surface area (Å²) >= 11 is 0. The first-order chi connectivity index (χ1) is 9.19. The summed E-state index contributed by atoms with van der Waals surface area (Å²) < 4.78 is 39.5. The lowest BCUT2D eigenvalue weighted by atomic mass is 10.1. The lowest BCUT2D eigenvalue weighted by Gasteiger charge is -2.19. The zero-order valence-electron chi connectivity index (χ0n) is 10.9. The molecule has 6 nitrogen and oxygen atoms in total. The van der Waals surface area contributed by atoms with Crippen molar-refractivity contribution in [1.29, 1.82) is 5.26 Å². The van der Waals surface area contributed by atoms with Crippen molar-refractivity contribution >= 4 is 15.9 Å². The molecule has 1 amide bonds. The molecule has 1 aromatic carbocycles. The highest BCUT2D eigenvalue weighted by molar-refractivity contribution is 7.89. The summed E-state index contributed by atoms with van der Waals surface area (Å²) in [6, 6.07) is 3.25. The van der Waals surface area contributed by atoms with E-state index in [0.29, 0.717) is 0 Å². The summed E-state index contributed by atoms with van der Waals surface area (Å²) in [6.45, 7) is 3.26. The number of hydrogen-bond acceptors (Lipinski definition) is 4. The van der Waals surface area contributed by atoms with Crippen molar-refractivity contribution in [1.82, 2.24) is 4.72 Å². The predicted molar refractivity (Wildman–Crippen MR) is 69.3 cm³/mol. The van der Waals surface area contributed by atoms with E-state index in [2.05, 4.69) is 4.72 Å². The minimum Gasteiger partial charge on any atom is -0.368 e. The molecular weight excluding hydrogens is 285 g/mol. The molecule has 8 heteroatoms. The van der Waals surface area contributed by atoms with Crippen LogP contribution in [-0.4, -0.2) is 20.4 Å². The molecule has 0 saturated carbocycles. The summed E-state index contributed by atoms with van der Waals surface area (Å²) in [6.07, 6.45) is 0. The number of hydrogen-bond donors (Lipinski definition) is 2. The van der Waals surface area contributed by atoms with Crippen LogP contribution in [0.5, 0.6) is 0 Å². The van der Waals surface area contributed by atoms with Crippen LogP contribution >= 0.6 is 0 Å². The molecule has 0 aliphatic carbocycles. The molecule has 1 rings (SSSR count). The second-order valence-corrected chi connectivity index (χ2v) is 6.21. The Bertz CT molecular complexity index is 665. The number of halogens is 1. The Balaban J connectivity index is 3.18. The molecule has 0 fully saturated rings. The summed E-state index contributed by atoms with van der Waals surface area (Å²) in [4.78, 5) is 10.9. The standard InChI is InChI=1S/C12H14FN3O3S/c1-7(2)11(12(15)17)16-20(18,19)9-3-4-10(13)8(5-9)6-14/h3-5,7,11,16H,1-2H3,(H2,15,17)/t11-/m1/s1. The Kier molecular flexibility index (Phi) is 4.81.